The molecule has 22 heavy (non-hydrogen) atoms. The van der Waals surface area contributed by atoms with Gasteiger partial charge in [0.25, 0.3) is 0 Å². The first-order valence-electron chi connectivity index (χ1n) is 6.67. The third-order valence-electron chi connectivity index (χ3n) is 3.14. The number of anilines is 2. The van der Waals surface area contributed by atoms with Gasteiger partial charge in [0.15, 0.2) is 0 Å². The molecule has 0 spiro atoms. The summed E-state index contributed by atoms with van der Waals surface area (Å²) in [5, 5.41) is 2.35. The van der Waals surface area contributed by atoms with Gasteiger partial charge in [-0.25, -0.2) is 8.78 Å². The quantitative estimate of drug-likeness (QED) is 0.834. The molecule has 2 rings (SSSR count). The van der Waals surface area contributed by atoms with Gasteiger partial charge in [-0.2, -0.15) is 0 Å². The third-order valence-corrected chi connectivity index (χ3v) is 3.14. The molecule has 3 N–H and O–H groups in total. The fourth-order valence-electron chi connectivity index (χ4n) is 2.00. The van der Waals surface area contributed by atoms with E-state index in [1.165, 1.54) is 7.11 Å². The van der Waals surface area contributed by atoms with Gasteiger partial charge < -0.3 is 15.8 Å². The largest absolute Gasteiger partial charge is 0.495 e. The van der Waals surface area contributed by atoms with Crippen LogP contribution in [0.4, 0.5) is 20.2 Å². The second-order valence-electron chi connectivity index (χ2n) is 4.75. The molecular weight excluding hydrogens is 290 g/mol. The van der Waals surface area contributed by atoms with E-state index in [-0.39, 0.29) is 12.1 Å². The number of methoxy groups -OCH3 is 1. The highest BCUT2D eigenvalue weighted by Crippen LogP contribution is 2.22. The topological polar surface area (TPSA) is 64.3 Å². The van der Waals surface area contributed by atoms with Crippen LogP contribution in [0.5, 0.6) is 5.75 Å². The smallest absolute Gasteiger partial charge is 0.224 e. The number of nitrogen functional groups attached to an aromatic ring is 1. The molecular formula is C16H16F2N2O2. The van der Waals surface area contributed by atoms with Crippen LogP contribution in [0.15, 0.2) is 36.4 Å². The first-order chi connectivity index (χ1) is 10.5. The van der Waals surface area contributed by atoms with Crippen LogP contribution in [0, 0.1) is 11.6 Å². The van der Waals surface area contributed by atoms with Crippen LogP contribution >= 0.6 is 0 Å². The van der Waals surface area contributed by atoms with E-state index in [1.54, 1.807) is 18.2 Å². The lowest BCUT2D eigenvalue weighted by Crippen LogP contribution is -2.13. The minimum absolute atomic E-state index is 0.127. The molecule has 0 atom stereocenters. The highest BCUT2D eigenvalue weighted by molar-refractivity contribution is 5.90. The Morgan fingerprint density at radius 2 is 2.00 bits per heavy atom. The molecule has 0 saturated carbocycles. The van der Waals surface area contributed by atoms with E-state index in [9.17, 15) is 13.6 Å². The normalized spacial score (nSPS) is 10.3. The Kier molecular flexibility index (Phi) is 4.93. The molecule has 116 valence electrons. The average molecular weight is 306 g/mol. The number of hydrogen-bond donors (Lipinski definition) is 2. The van der Waals surface area contributed by atoms with E-state index < -0.39 is 17.5 Å². The maximum Gasteiger partial charge on any atom is 0.224 e. The van der Waals surface area contributed by atoms with Gasteiger partial charge in [0, 0.05) is 12.5 Å². The summed E-state index contributed by atoms with van der Waals surface area (Å²) in [6.07, 6.45) is 0.554. The lowest BCUT2D eigenvalue weighted by atomic mass is 10.1. The molecule has 0 fully saturated rings. The lowest BCUT2D eigenvalue weighted by molar-refractivity contribution is -0.116. The zero-order valence-corrected chi connectivity index (χ0v) is 12.0. The van der Waals surface area contributed by atoms with Gasteiger partial charge in [0.2, 0.25) is 5.91 Å². The number of ether oxygens (including phenoxy) is 1. The molecule has 0 aliphatic rings. The number of benzene rings is 2. The first kappa shape index (κ1) is 15.8. The van der Waals surface area contributed by atoms with Crippen molar-refractivity contribution in [3.63, 3.8) is 0 Å². The van der Waals surface area contributed by atoms with Crippen LogP contribution in [0.3, 0.4) is 0 Å². The SMILES string of the molecule is COc1ccc(CCC(=O)Nc2cc(F)ccc2F)cc1N. The van der Waals surface area contributed by atoms with Gasteiger partial charge in [0.1, 0.15) is 17.4 Å². The second kappa shape index (κ2) is 6.89. The minimum Gasteiger partial charge on any atom is -0.495 e. The molecule has 0 bridgehead atoms. The Labute approximate surface area is 126 Å². The van der Waals surface area contributed by atoms with Gasteiger partial charge in [-0.1, -0.05) is 6.07 Å². The Balaban J connectivity index is 1.95. The van der Waals surface area contributed by atoms with Crippen molar-refractivity contribution in [2.24, 2.45) is 0 Å². The summed E-state index contributed by atoms with van der Waals surface area (Å²) in [6, 6.07) is 8.13. The molecule has 4 nitrogen and oxygen atoms in total. The minimum atomic E-state index is -0.677. The summed E-state index contributed by atoms with van der Waals surface area (Å²) in [4.78, 5) is 11.8. The Hall–Kier alpha value is -2.63. The van der Waals surface area contributed by atoms with Crippen molar-refractivity contribution in [2.45, 2.75) is 12.8 Å². The highest BCUT2D eigenvalue weighted by Gasteiger charge is 2.09. The number of amides is 1. The molecule has 0 radical (unpaired) electrons. The molecule has 2 aromatic rings. The summed E-state index contributed by atoms with van der Waals surface area (Å²) in [6.45, 7) is 0. The molecule has 6 heteroatoms. The number of carbonyl (C=O) groups excluding carboxylic acids is 1. The van der Waals surface area contributed by atoms with E-state index in [1.807, 2.05) is 0 Å². The second-order valence-corrected chi connectivity index (χ2v) is 4.75. The van der Waals surface area contributed by atoms with Crippen molar-refractivity contribution in [3.8, 4) is 5.75 Å². The van der Waals surface area contributed by atoms with E-state index >= 15 is 0 Å². The predicted molar refractivity (Wildman–Crippen MR) is 80.7 cm³/mol. The first-order valence-corrected chi connectivity index (χ1v) is 6.67. The maximum absolute atomic E-state index is 13.4. The Morgan fingerprint density at radius 3 is 2.68 bits per heavy atom. The van der Waals surface area contributed by atoms with Gasteiger partial charge in [-0.15, -0.1) is 0 Å². The van der Waals surface area contributed by atoms with Crippen molar-refractivity contribution in [3.05, 3.63) is 53.6 Å². The molecule has 0 aromatic heterocycles. The van der Waals surface area contributed by atoms with Gasteiger partial charge in [-0.3, -0.25) is 4.79 Å². The number of aryl methyl sites for hydroxylation is 1. The van der Waals surface area contributed by atoms with E-state index in [0.29, 0.717) is 17.9 Å². The molecule has 1 amide bonds. The molecule has 0 unspecified atom stereocenters. The zero-order chi connectivity index (χ0) is 16.1. The number of nitrogens with one attached hydrogen (secondary N) is 1. The van der Waals surface area contributed by atoms with Crippen molar-refractivity contribution in [1.29, 1.82) is 0 Å². The van der Waals surface area contributed by atoms with Crippen LogP contribution in [-0.4, -0.2) is 13.0 Å². The number of halogens is 2. The van der Waals surface area contributed by atoms with E-state index in [2.05, 4.69) is 5.32 Å². The van der Waals surface area contributed by atoms with Crippen LogP contribution in [0.25, 0.3) is 0 Å². The average Bonchev–Trinajstić information content (AvgIpc) is 2.49. The summed E-state index contributed by atoms with van der Waals surface area (Å²) < 4.78 is 31.5. The Bertz CT molecular complexity index is 690. The summed E-state index contributed by atoms with van der Waals surface area (Å²) >= 11 is 0. The van der Waals surface area contributed by atoms with Gasteiger partial charge in [-0.05, 0) is 36.2 Å². The molecule has 2 aromatic carbocycles. The molecule has 0 saturated heterocycles. The van der Waals surface area contributed by atoms with Crippen LogP contribution < -0.4 is 15.8 Å². The van der Waals surface area contributed by atoms with Crippen molar-refractivity contribution in [2.75, 3.05) is 18.2 Å². The standard InChI is InChI=1S/C16H16F2N2O2/c1-22-15-6-2-10(8-13(15)19)3-7-16(21)20-14-9-11(17)4-5-12(14)18/h2,4-6,8-9H,3,7,19H2,1H3,(H,20,21). The maximum atomic E-state index is 13.4. The lowest BCUT2D eigenvalue weighted by Gasteiger charge is -2.08. The number of hydrogen-bond acceptors (Lipinski definition) is 3. The number of rotatable bonds is 5. The fourth-order valence-corrected chi connectivity index (χ4v) is 2.00. The zero-order valence-electron chi connectivity index (χ0n) is 12.0. The van der Waals surface area contributed by atoms with Crippen molar-refractivity contribution in [1.82, 2.24) is 0 Å². The highest BCUT2D eigenvalue weighted by atomic mass is 19.1. The molecule has 0 aliphatic carbocycles. The van der Waals surface area contributed by atoms with Crippen molar-refractivity contribution >= 4 is 17.3 Å². The van der Waals surface area contributed by atoms with E-state index in [0.717, 1.165) is 23.8 Å². The number of nitrogens with two attached hydrogens (primary N) is 1. The number of carbonyl (C=O) groups is 1. The fraction of sp³-hybridized carbons (Fsp3) is 0.188. The van der Waals surface area contributed by atoms with Crippen LogP contribution in [0.1, 0.15) is 12.0 Å². The van der Waals surface area contributed by atoms with E-state index in [4.69, 9.17) is 10.5 Å². The van der Waals surface area contributed by atoms with Crippen LogP contribution in [-0.2, 0) is 11.2 Å². The predicted octanol–water partition coefficient (Wildman–Crippen LogP) is 3.13. The van der Waals surface area contributed by atoms with Crippen LogP contribution in [0.2, 0.25) is 0 Å². The summed E-state index contributed by atoms with van der Waals surface area (Å²) in [7, 11) is 1.52. The Morgan fingerprint density at radius 1 is 1.23 bits per heavy atom. The monoisotopic (exact) mass is 306 g/mol. The van der Waals surface area contributed by atoms with Gasteiger partial charge >= 0.3 is 0 Å². The summed E-state index contributed by atoms with van der Waals surface area (Å²) in [5.74, 6) is -1.13. The third kappa shape index (κ3) is 3.94. The molecule has 0 heterocycles. The summed E-state index contributed by atoms with van der Waals surface area (Å²) in [5.41, 5.74) is 6.95. The molecule has 0 aliphatic heterocycles. The van der Waals surface area contributed by atoms with Crippen molar-refractivity contribution < 1.29 is 18.3 Å². The van der Waals surface area contributed by atoms with Gasteiger partial charge in [0.05, 0.1) is 18.5 Å².